The first-order valence-corrected chi connectivity index (χ1v) is 15.7. The van der Waals surface area contributed by atoms with Crippen LogP contribution in [0.15, 0.2) is 46.3 Å². The van der Waals surface area contributed by atoms with Gasteiger partial charge in [-0.05, 0) is 80.6 Å². The molecule has 2 aliphatic carbocycles. The second-order valence-electron chi connectivity index (χ2n) is 10.8. The molecule has 3 aliphatic rings. The van der Waals surface area contributed by atoms with Crippen LogP contribution in [0.2, 0.25) is 5.02 Å². The molecule has 1 aliphatic heterocycles. The Bertz CT molecular complexity index is 1210. The average molecular weight is 567 g/mol. The third-order valence-electron chi connectivity index (χ3n) is 7.78. The van der Waals surface area contributed by atoms with Crippen LogP contribution in [-0.4, -0.2) is 34.7 Å². The summed E-state index contributed by atoms with van der Waals surface area (Å²) in [6, 6.07) is 12.6. The van der Waals surface area contributed by atoms with Crippen LogP contribution in [0, 0.1) is 6.92 Å². The number of carbonyl (C=O) groups is 1. The Labute approximate surface area is 242 Å². The maximum atomic E-state index is 13.8. The minimum Gasteiger partial charge on any atom is -0.490 e. The number of hydrogen-bond donors (Lipinski definition) is 0. The van der Waals surface area contributed by atoms with E-state index in [1.807, 2.05) is 30.0 Å². The second kappa shape index (κ2) is 13.3. The Balaban J connectivity index is 1.41. The van der Waals surface area contributed by atoms with Crippen LogP contribution in [0.5, 0.6) is 11.5 Å². The van der Waals surface area contributed by atoms with Gasteiger partial charge in [0.25, 0.3) is 5.91 Å². The molecule has 2 aromatic rings. The van der Waals surface area contributed by atoms with Gasteiger partial charge in [-0.3, -0.25) is 14.7 Å². The van der Waals surface area contributed by atoms with Gasteiger partial charge in [0.1, 0.15) is 6.61 Å². The minimum atomic E-state index is 0.0650. The molecule has 0 bridgehead atoms. The molecule has 0 aromatic heterocycles. The topological polar surface area (TPSA) is 51.1 Å². The SMILES string of the molecule is CCOc1cc(C=C2SC(=NC3CCCCC3)N(C3CCCCC3)C2=O)cc(Cl)c1OCc1ccc(C)cc1. The quantitative estimate of drug-likeness (QED) is 0.300. The van der Waals surface area contributed by atoms with Crippen molar-refractivity contribution in [3.05, 3.63) is 63.0 Å². The molecule has 1 heterocycles. The van der Waals surface area contributed by atoms with Crippen LogP contribution < -0.4 is 9.47 Å². The summed E-state index contributed by atoms with van der Waals surface area (Å²) in [5.74, 6) is 1.17. The number of benzene rings is 2. The number of thioether (sulfide) groups is 1. The lowest BCUT2D eigenvalue weighted by molar-refractivity contribution is -0.124. The Morgan fingerprint density at radius 3 is 2.38 bits per heavy atom. The highest BCUT2D eigenvalue weighted by atomic mass is 35.5. The first kappa shape index (κ1) is 28.1. The first-order valence-electron chi connectivity index (χ1n) is 14.5. The molecule has 5 rings (SSSR count). The van der Waals surface area contributed by atoms with Gasteiger partial charge < -0.3 is 9.47 Å². The number of rotatable bonds is 8. The average Bonchev–Trinajstić information content (AvgIpc) is 3.24. The summed E-state index contributed by atoms with van der Waals surface area (Å²) in [5.41, 5.74) is 3.09. The fourth-order valence-electron chi connectivity index (χ4n) is 5.67. The number of aryl methyl sites for hydroxylation is 1. The van der Waals surface area contributed by atoms with Crippen molar-refractivity contribution in [2.75, 3.05) is 6.61 Å². The van der Waals surface area contributed by atoms with Crippen LogP contribution in [0.1, 0.15) is 87.8 Å². The Morgan fingerprint density at radius 1 is 1.00 bits per heavy atom. The van der Waals surface area contributed by atoms with Gasteiger partial charge in [0.05, 0.1) is 22.6 Å². The van der Waals surface area contributed by atoms with Crippen LogP contribution in [-0.2, 0) is 11.4 Å². The molecule has 5 nitrogen and oxygen atoms in total. The van der Waals surface area contributed by atoms with Crippen molar-refractivity contribution in [2.24, 2.45) is 4.99 Å². The molecule has 1 amide bonds. The molecule has 1 saturated heterocycles. The van der Waals surface area contributed by atoms with Crippen LogP contribution in [0.25, 0.3) is 6.08 Å². The van der Waals surface area contributed by atoms with Gasteiger partial charge >= 0.3 is 0 Å². The lowest BCUT2D eigenvalue weighted by atomic mass is 9.94. The molecule has 0 N–H and O–H groups in total. The summed E-state index contributed by atoms with van der Waals surface area (Å²) in [7, 11) is 0. The summed E-state index contributed by atoms with van der Waals surface area (Å²) < 4.78 is 12.0. The van der Waals surface area contributed by atoms with Gasteiger partial charge in [-0.25, -0.2) is 0 Å². The molecular formula is C32H39ClN2O3S. The highest BCUT2D eigenvalue weighted by molar-refractivity contribution is 8.18. The van der Waals surface area contributed by atoms with Gasteiger partial charge in [0.2, 0.25) is 0 Å². The molecule has 39 heavy (non-hydrogen) atoms. The highest BCUT2D eigenvalue weighted by Crippen LogP contribution is 2.41. The van der Waals surface area contributed by atoms with Crippen molar-refractivity contribution in [3.8, 4) is 11.5 Å². The van der Waals surface area contributed by atoms with Crippen molar-refractivity contribution in [3.63, 3.8) is 0 Å². The molecule has 0 radical (unpaired) electrons. The normalized spacial score (nSPS) is 21.2. The maximum Gasteiger partial charge on any atom is 0.266 e. The van der Waals surface area contributed by atoms with E-state index < -0.39 is 0 Å². The Morgan fingerprint density at radius 2 is 1.69 bits per heavy atom. The van der Waals surface area contributed by atoms with E-state index in [2.05, 4.69) is 31.2 Å². The number of halogens is 1. The number of ether oxygens (including phenoxy) is 2. The predicted octanol–water partition coefficient (Wildman–Crippen LogP) is 8.56. The van der Waals surface area contributed by atoms with E-state index in [-0.39, 0.29) is 11.9 Å². The molecule has 208 valence electrons. The molecule has 2 saturated carbocycles. The standard InChI is InChI=1S/C32H39ClN2O3S/c1-3-37-28-19-24(18-27(33)30(28)38-21-23-16-14-22(2)15-17-23)20-29-31(36)35(26-12-8-5-9-13-26)32(39-29)34-25-10-6-4-7-11-25/h14-20,25-26H,3-13,21H2,1-2H3. The number of carbonyl (C=O) groups excluding carboxylic acids is 1. The van der Waals surface area contributed by atoms with E-state index in [4.69, 9.17) is 26.1 Å². The van der Waals surface area contributed by atoms with Crippen molar-refractivity contribution >= 4 is 40.5 Å². The monoisotopic (exact) mass is 566 g/mol. The number of amides is 1. The molecule has 2 aromatic carbocycles. The van der Waals surface area contributed by atoms with E-state index in [0.717, 1.165) is 42.0 Å². The van der Waals surface area contributed by atoms with Crippen molar-refractivity contribution in [2.45, 2.75) is 96.7 Å². The zero-order chi connectivity index (χ0) is 27.2. The third kappa shape index (κ3) is 7.01. The van der Waals surface area contributed by atoms with Crippen LogP contribution in [0.3, 0.4) is 0 Å². The Hall–Kier alpha value is -2.44. The summed E-state index contributed by atoms with van der Waals surface area (Å²) >= 11 is 8.25. The smallest absolute Gasteiger partial charge is 0.266 e. The fourth-order valence-corrected chi connectivity index (χ4v) is 7.05. The summed E-state index contributed by atoms with van der Waals surface area (Å²) in [6.07, 6.45) is 13.6. The number of hydrogen-bond acceptors (Lipinski definition) is 5. The van der Waals surface area contributed by atoms with E-state index in [0.29, 0.717) is 40.7 Å². The zero-order valence-electron chi connectivity index (χ0n) is 23.1. The summed E-state index contributed by atoms with van der Waals surface area (Å²) in [4.78, 5) is 21.6. The predicted molar refractivity (Wildman–Crippen MR) is 162 cm³/mol. The largest absolute Gasteiger partial charge is 0.490 e. The summed E-state index contributed by atoms with van der Waals surface area (Å²) in [6.45, 7) is 4.88. The summed E-state index contributed by atoms with van der Waals surface area (Å²) in [5, 5.41) is 1.36. The van der Waals surface area contributed by atoms with Crippen molar-refractivity contribution in [1.29, 1.82) is 0 Å². The minimum absolute atomic E-state index is 0.0650. The van der Waals surface area contributed by atoms with E-state index in [1.54, 1.807) is 0 Å². The zero-order valence-corrected chi connectivity index (χ0v) is 24.7. The molecular weight excluding hydrogens is 528 g/mol. The number of aliphatic imine (C=N–C) groups is 1. The van der Waals surface area contributed by atoms with Gasteiger partial charge in [0.15, 0.2) is 16.7 Å². The van der Waals surface area contributed by atoms with Crippen LogP contribution >= 0.6 is 23.4 Å². The lowest BCUT2D eigenvalue weighted by Crippen LogP contribution is -2.41. The Kier molecular flexibility index (Phi) is 9.57. The first-order chi connectivity index (χ1) is 19.0. The van der Waals surface area contributed by atoms with E-state index in [9.17, 15) is 4.79 Å². The third-order valence-corrected chi connectivity index (χ3v) is 9.06. The molecule has 0 spiro atoms. The van der Waals surface area contributed by atoms with Gasteiger partial charge in [0, 0.05) is 6.04 Å². The van der Waals surface area contributed by atoms with E-state index in [1.165, 1.54) is 55.9 Å². The molecule has 3 fully saturated rings. The molecule has 7 heteroatoms. The maximum absolute atomic E-state index is 13.8. The van der Waals surface area contributed by atoms with Crippen molar-refractivity contribution in [1.82, 2.24) is 4.90 Å². The highest BCUT2D eigenvalue weighted by Gasteiger charge is 2.39. The molecule has 0 unspecified atom stereocenters. The van der Waals surface area contributed by atoms with Crippen LogP contribution in [0.4, 0.5) is 0 Å². The van der Waals surface area contributed by atoms with E-state index >= 15 is 0 Å². The second-order valence-corrected chi connectivity index (χ2v) is 12.2. The number of amidine groups is 1. The lowest BCUT2D eigenvalue weighted by Gasteiger charge is -2.31. The van der Waals surface area contributed by atoms with Gasteiger partial charge in [-0.15, -0.1) is 0 Å². The number of nitrogens with zero attached hydrogens (tertiary/aromatic N) is 2. The fraction of sp³-hybridized carbons (Fsp3) is 0.500. The van der Waals surface area contributed by atoms with Gasteiger partial charge in [-0.1, -0.05) is 80.0 Å². The molecule has 0 atom stereocenters. The van der Waals surface area contributed by atoms with Gasteiger partial charge in [-0.2, -0.15) is 0 Å². The van der Waals surface area contributed by atoms with Crippen molar-refractivity contribution < 1.29 is 14.3 Å².